The topological polar surface area (TPSA) is 118 Å². The summed E-state index contributed by atoms with van der Waals surface area (Å²) >= 11 is 0. The minimum absolute atomic E-state index is 0.799. The van der Waals surface area contributed by atoms with Crippen LogP contribution in [0.1, 0.15) is 13.8 Å². The first-order chi connectivity index (χ1) is 4.96. The molecule has 0 aromatic carbocycles. The highest BCUT2D eigenvalue weighted by atomic mass is 32.3. The number of rotatable bonds is 3. The molecular weight excluding hydrogens is 212 g/mol. The fourth-order valence-electron chi connectivity index (χ4n) is 0.196. The smallest absolute Gasteiger partial charge is 0.373 e. The lowest BCUT2D eigenvalue weighted by molar-refractivity contribution is 0.152. The molecule has 12 heavy (non-hydrogen) atoms. The van der Waals surface area contributed by atoms with Crippen molar-refractivity contribution in [2.24, 2.45) is 0 Å². The van der Waals surface area contributed by atoms with Crippen LogP contribution in [-0.2, 0) is 24.1 Å². The van der Waals surface area contributed by atoms with E-state index in [1.54, 1.807) is 0 Å². The summed E-state index contributed by atoms with van der Waals surface area (Å²) in [6.07, 6.45) is 0. The van der Waals surface area contributed by atoms with E-state index >= 15 is 0 Å². The number of hydrogen-bond acceptors (Lipinski definition) is 6. The summed E-state index contributed by atoms with van der Waals surface area (Å²) in [6.45, 7) is 1.60. The molecule has 2 N–H and O–H groups in total. The molecule has 0 aromatic rings. The highest BCUT2D eigenvalue weighted by molar-refractivity contribution is 7.98. The summed E-state index contributed by atoms with van der Waals surface area (Å²) in [5.74, 6) is 0. The normalized spacial score (nSPS) is 14.7. The van der Waals surface area contributed by atoms with Crippen molar-refractivity contribution in [2.45, 2.75) is 18.8 Å². The van der Waals surface area contributed by atoms with Crippen molar-refractivity contribution in [3.05, 3.63) is 0 Å². The van der Waals surface area contributed by atoms with E-state index in [0.717, 1.165) is 13.8 Å². The van der Waals surface area contributed by atoms with Crippen LogP contribution in [0, 0.1) is 0 Å². The molecule has 0 saturated heterocycles. The highest BCUT2D eigenvalue weighted by Gasteiger charge is 2.36. The Labute approximate surface area is 70.0 Å². The minimum Gasteiger partial charge on any atom is -0.373 e. The van der Waals surface area contributed by atoms with Crippen molar-refractivity contribution in [2.75, 3.05) is 0 Å². The zero-order valence-corrected chi connectivity index (χ0v) is 7.89. The van der Waals surface area contributed by atoms with Crippen molar-refractivity contribution >= 4 is 20.5 Å². The largest absolute Gasteiger partial charge is 0.412 e. The van der Waals surface area contributed by atoms with E-state index in [2.05, 4.69) is 3.63 Å². The Morgan fingerprint density at radius 2 is 1.50 bits per heavy atom. The standard InChI is InChI=1S/C3H8O7S2/c1-3(2,4)11(5,6)10-12(7,8)9/h4H,1-2H3,(H,7,8,9). The number of aliphatic hydroxyl groups is 1. The lowest BCUT2D eigenvalue weighted by atomic mass is 10.5. The van der Waals surface area contributed by atoms with Crippen LogP contribution in [0.2, 0.25) is 0 Å². The summed E-state index contributed by atoms with van der Waals surface area (Å²) in [5.41, 5.74) is 0. The van der Waals surface area contributed by atoms with Crippen LogP contribution in [0.3, 0.4) is 0 Å². The molecule has 0 saturated carbocycles. The van der Waals surface area contributed by atoms with Gasteiger partial charge in [0.15, 0.2) is 4.93 Å². The summed E-state index contributed by atoms with van der Waals surface area (Å²) < 4.78 is 52.4. The van der Waals surface area contributed by atoms with Crippen molar-refractivity contribution in [1.29, 1.82) is 0 Å². The molecule has 0 amide bonds. The first-order valence-electron chi connectivity index (χ1n) is 2.61. The van der Waals surface area contributed by atoms with Crippen LogP contribution in [-0.4, -0.2) is 31.4 Å². The third-order valence-electron chi connectivity index (χ3n) is 0.787. The molecule has 0 rings (SSSR count). The van der Waals surface area contributed by atoms with Gasteiger partial charge in [-0.3, -0.25) is 4.55 Å². The zero-order valence-electron chi connectivity index (χ0n) is 6.25. The average Bonchev–Trinajstić information content (AvgIpc) is 1.52. The summed E-state index contributed by atoms with van der Waals surface area (Å²) in [4.78, 5) is -2.39. The molecular formula is C3H8O7S2. The van der Waals surface area contributed by atoms with E-state index in [9.17, 15) is 16.8 Å². The van der Waals surface area contributed by atoms with Gasteiger partial charge in [0, 0.05) is 0 Å². The molecule has 0 heterocycles. The third kappa shape index (κ3) is 3.45. The molecule has 9 heteroatoms. The molecule has 0 aliphatic heterocycles. The van der Waals surface area contributed by atoms with Gasteiger partial charge in [-0.2, -0.15) is 16.8 Å². The Morgan fingerprint density at radius 3 is 1.58 bits per heavy atom. The van der Waals surface area contributed by atoms with Crippen molar-refractivity contribution in [1.82, 2.24) is 0 Å². The lowest BCUT2D eigenvalue weighted by Crippen LogP contribution is -2.34. The monoisotopic (exact) mass is 220 g/mol. The SMILES string of the molecule is CC(C)(O)S(=O)(=O)OS(=O)(=O)O. The maximum Gasteiger partial charge on any atom is 0.412 e. The molecule has 0 bridgehead atoms. The molecule has 0 radical (unpaired) electrons. The summed E-state index contributed by atoms with van der Waals surface area (Å²) in [6, 6.07) is 0. The average molecular weight is 220 g/mol. The predicted octanol–water partition coefficient (Wildman–Crippen LogP) is -1.14. The van der Waals surface area contributed by atoms with E-state index < -0.39 is 25.5 Å². The van der Waals surface area contributed by atoms with Gasteiger partial charge in [0.2, 0.25) is 0 Å². The quantitative estimate of drug-likeness (QED) is 0.577. The van der Waals surface area contributed by atoms with Gasteiger partial charge in [-0.15, -0.1) is 3.63 Å². The van der Waals surface area contributed by atoms with Gasteiger partial charge < -0.3 is 5.11 Å². The summed E-state index contributed by atoms with van der Waals surface area (Å²) in [7, 11) is -9.85. The van der Waals surface area contributed by atoms with Crippen LogP contribution >= 0.6 is 0 Å². The van der Waals surface area contributed by atoms with Gasteiger partial charge in [0.1, 0.15) is 0 Å². The second-order valence-corrected chi connectivity index (χ2v) is 5.70. The van der Waals surface area contributed by atoms with Crippen LogP contribution in [0.5, 0.6) is 0 Å². The summed E-state index contributed by atoms with van der Waals surface area (Å²) in [5, 5.41) is 8.82. The maximum absolute atomic E-state index is 10.7. The highest BCUT2D eigenvalue weighted by Crippen LogP contribution is 2.15. The van der Waals surface area contributed by atoms with Gasteiger partial charge in [0.05, 0.1) is 0 Å². The van der Waals surface area contributed by atoms with E-state index in [4.69, 9.17) is 9.66 Å². The first kappa shape index (κ1) is 11.8. The van der Waals surface area contributed by atoms with Crippen LogP contribution in [0.25, 0.3) is 0 Å². The van der Waals surface area contributed by atoms with Crippen molar-refractivity contribution in [3.8, 4) is 0 Å². The molecule has 0 unspecified atom stereocenters. The molecule has 0 aliphatic rings. The predicted molar refractivity (Wildman–Crippen MR) is 37.9 cm³/mol. The van der Waals surface area contributed by atoms with Gasteiger partial charge in [-0.05, 0) is 13.8 Å². The second-order valence-electron chi connectivity index (χ2n) is 2.40. The molecule has 0 fully saturated rings. The van der Waals surface area contributed by atoms with Crippen LogP contribution in [0.4, 0.5) is 0 Å². The fourth-order valence-corrected chi connectivity index (χ4v) is 1.77. The molecule has 7 nitrogen and oxygen atoms in total. The molecule has 0 aromatic heterocycles. The van der Waals surface area contributed by atoms with E-state index in [-0.39, 0.29) is 0 Å². The Kier molecular flexibility index (Phi) is 2.87. The van der Waals surface area contributed by atoms with E-state index in [0.29, 0.717) is 0 Å². The van der Waals surface area contributed by atoms with Gasteiger partial charge in [-0.25, -0.2) is 0 Å². The molecule has 0 atom stereocenters. The fraction of sp³-hybridized carbons (Fsp3) is 1.00. The first-order valence-corrected chi connectivity index (χ1v) is 5.38. The Morgan fingerprint density at radius 1 is 1.17 bits per heavy atom. The zero-order chi connectivity index (χ0) is 10.2. The van der Waals surface area contributed by atoms with Crippen LogP contribution < -0.4 is 0 Å². The van der Waals surface area contributed by atoms with Gasteiger partial charge >= 0.3 is 20.5 Å². The molecule has 74 valence electrons. The molecule has 0 aliphatic carbocycles. The molecule has 0 spiro atoms. The Hall–Kier alpha value is -0.220. The lowest BCUT2D eigenvalue weighted by Gasteiger charge is -2.14. The Bertz CT molecular complexity index is 341. The van der Waals surface area contributed by atoms with Crippen LogP contribution in [0.15, 0.2) is 0 Å². The van der Waals surface area contributed by atoms with E-state index in [1.165, 1.54) is 0 Å². The van der Waals surface area contributed by atoms with E-state index in [1.807, 2.05) is 0 Å². The van der Waals surface area contributed by atoms with Crippen molar-refractivity contribution in [3.63, 3.8) is 0 Å². The maximum atomic E-state index is 10.7. The van der Waals surface area contributed by atoms with Crippen molar-refractivity contribution < 1.29 is 30.1 Å². The number of hydrogen-bond donors (Lipinski definition) is 2. The second kappa shape index (κ2) is 2.92. The van der Waals surface area contributed by atoms with Gasteiger partial charge in [-0.1, -0.05) is 0 Å². The minimum atomic E-state index is -5.11. The Balaban J connectivity index is 4.96. The third-order valence-corrected chi connectivity index (χ3v) is 3.42. The van der Waals surface area contributed by atoms with Gasteiger partial charge in [0.25, 0.3) is 0 Å².